The van der Waals surface area contributed by atoms with E-state index in [2.05, 4.69) is 62.8 Å². The number of carbonyl (C=O) groups excluding carboxylic acids is 1. The molecule has 3 heterocycles. The number of aryl methyl sites for hydroxylation is 1. The average Bonchev–Trinajstić information content (AvgIpc) is 3.38. The molecule has 1 aliphatic rings. The largest absolute Gasteiger partial charge is 0.369 e. The summed E-state index contributed by atoms with van der Waals surface area (Å²) < 4.78 is 1.85. The molecule has 0 unspecified atom stereocenters. The van der Waals surface area contributed by atoms with Crippen LogP contribution in [-0.2, 0) is 7.05 Å². The maximum Gasteiger partial charge on any atom is 0.250 e. The molecule has 7 nitrogen and oxygen atoms in total. The van der Waals surface area contributed by atoms with Crippen LogP contribution in [0.15, 0.2) is 54.7 Å². The fourth-order valence-corrected chi connectivity index (χ4v) is 4.82. The number of carbonyl (C=O) groups is 1. The van der Waals surface area contributed by atoms with Crippen molar-refractivity contribution in [3.63, 3.8) is 0 Å². The van der Waals surface area contributed by atoms with E-state index in [0.717, 1.165) is 70.0 Å². The van der Waals surface area contributed by atoms with Gasteiger partial charge in [-0.1, -0.05) is 12.1 Å². The summed E-state index contributed by atoms with van der Waals surface area (Å²) in [6, 6.07) is 16.7. The number of aromatic nitrogens is 3. The standard InChI is InChI=1S/C25H24N6O/c1-30-23-5-2-15(10-17(23)14-28-30)16-11-20-19-4-3-18(31-8-6-27-7-9-31)13-22(19)29-24(20)21(12-16)25(26)32/h2-5,10-14,27,29H,6-9H2,1H3,(H2,26,32). The van der Waals surface area contributed by atoms with Crippen molar-refractivity contribution in [1.29, 1.82) is 0 Å². The van der Waals surface area contributed by atoms with Gasteiger partial charge >= 0.3 is 0 Å². The molecule has 0 bridgehead atoms. The molecular weight excluding hydrogens is 400 g/mol. The third kappa shape index (κ3) is 2.93. The molecule has 3 aromatic carbocycles. The fraction of sp³-hybridized carbons (Fsp3) is 0.200. The zero-order chi connectivity index (χ0) is 21.8. The first-order valence-corrected chi connectivity index (χ1v) is 10.9. The van der Waals surface area contributed by atoms with E-state index in [1.165, 1.54) is 5.69 Å². The first kappa shape index (κ1) is 18.9. The summed E-state index contributed by atoms with van der Waals surface area (Å²) in [5.74, 6) is -0.437. The Labute approximate surface area is 184 Å². The van der Waals surface area contributed by atoms with E-state index in [9.17, 15) is 4.79 Å². The Morgan fingerprint density at radius 2 is 1.84 bits per heavy atom. The Morgan fingerprint density at radius 1 is 1.00 bits per heavy atom. The van der Waals surface area contributed by atoms with Crippen LogP contribution in [0.4, 0.5) is 5.69 Å². The Hall–Kier alpha value is -3.84. The van der Waals surface area contributed by atoms with Gasteiger partial charge in [0.05, 0.1) is 22.8 Å². The second-order valence-corrected chi connectivity index (χ2v) is 8.44. The van der Waals surface area contributed by atoms with E-state index in [-0.39, 0.29) is 0 Å². The van der Waals surface area contributed by atoms with Gasteiger partial charge in [0.2, 0.25) is 0 Å². The smallest absolute Gasteiger partial charge is 0.250 e. The summed E-state index contributed by atoms with van der Waals surface area (Å²) in [6.07, 6.45) is 1.86. The Kier molecular flexibility index (Phi) is 4.19. The second kappa shape index (κ2) is 7.10. The predicted molar refractivity (Wildman–Crippen MR) is 129 cm³/mol. The number of benzene rings is 3. The van der Waals surface area contributed by atoms with Crippen molar-refractivity contribution >= 4 is 44.3 Å². The lowest BCUT2D eigenvalue weighted by atomic mass is 9.98. The molecule has 32 heavy (non-hydrogen) atoms. The van der Waals surface area contributed by atoms with Crippen LogP contribution in [0.1, 0.15) is 10.4 Å². The number of H-pyrrole nitrogens is 1. The van der Waals surface area contributed by atoms with E-state index >= 15 is 0 Å². The first-order valence-electron chi connectivity index (χ1n) is 10.9. The molecule has 0 radical (unpaired) electrons. The highest BCUT2D eigenvalue weighted by Crippen LogP contribution is 2.35. The molecule has 1 aliphatic heterocycles. The van der Waals surface area contributed by atoms with Gasteiger partial charge < -0.3 is 20.9 Å². The lowest BCUT2D eigenvalue weighted by molar-refractivity contribution is 0.100. The van der Waals surface area contributed by atoms with Gasteiger partial charge in [0, 0.05) is 60.6 Å². The van der Waals surface area contributed by atoms with Crippen LogP contribution in [0.5, 0.6) is 0 Å². The summed E-state index contributed by atoms with van der Waals surface area (Å²) in [4.78, 5) is 18.2. The molecule has 0 aliphatic carbocycles. The molecule has 0 atom stereocenters. The number of primary amides is 1. The van der Waals surface area contributed by atoms with Gasteiger partial charge in [-0.25, -0.2) is 0 Å². The second-order valence-electron chi connectivity index (χ2n) is 8.44. The number of nitrogens with one attached hydrogen (secondary N) is 2. The van der Waals surface area contributed by atoms with E-state index in [1.54, 1.807) is 0 Å². The van der Waals surface area contributed by atoms with Crippen LogP contribution < -0.4 is 16.0 Å². The number of hydrogen-bond donors (Lipinski definition) is 3. The normalized spacial score (nSPS) is 14.6. The van der Waals surface area contributed by atoms with E-state index in [1.807, 2.05) is 24.0 Å². The lowest BCUT2D eigenvalue weighted by Crippen LogP contribution is -2.43. The third-order valence-electron chi connectivity index (χ3n) is 6.52. The fourth-order valence-electron chi connectivity index (χ4n) is 4.82. The first-order chi connectivity index (χ1) is 15.6. The van der Waals surface area contributed by atoms with E-state index in [0.29, 0.717) is 5.56 Å². The van der Waals surface area contributed by atoms with Crippen molar-refractivity contribution in [2.75, 3.05) is 31.1 Å². The number of fused-ring (bicyclic) bond motifs is 4. The van der Waals surface area contributed by atoms with Gasteiger partial charge in [-0.15, -0.1) is 0 Å². The summed E-state index contributed by atoms with van der Waals surface area (Å²) >= 11 is 0. The molecular formula is C25H24N6O. The van der Waals surface area contributed by atoms with Gasteiger partial charge in [-0.2, -0.15) is 5.10 Å². The number of hydrogen-bond acceptors (Lipinski definition) is 4. The van der Waals surface area contributed by atoms with Crippen molar-refractivity contribution < 1.29 is 4.79 Å². The van der Waals surface area contributed by atoms with Gasteiger partial charge in [0.25, 0.3) is 5.91 Å². The number of rotatable bonds is 3. The molecule has 1 amide bonds. The van der Waals surface area contributed by atoms with Gasteiger partial charge in [-0.05, 0) is 47.5 Å². The third-order valence-corrected chi connectivity index (χ3v) is 6.52. The predicted octanol–water partition coefficient (Wildman–Crippen LogP) is 3.38. The Morgan fingerprint density at radius 3 is 2.66 bits per heavy atom. The monoisotopic (exact) mass is 424 g/mol. The Bertz CT molecular complexity index is 1510. The molecule has 2 aromatic heterocycles. The number of nitrogens with two attached hydrogens (primary N) is 1. The maximum atomic E-state index is 12.4. The summed E-state index contributed by atoms with van der Waals surface area (Å²) in [5, 5.41) is 10.9. The van der Waals surface area contributed by atoms with Crippen LogP contribution in [0.3, 0.4) is 0 Å². The number of nitrogens with zero attached hydrogens (tertiary/aromatic N) is 3. The molecule has 1 saturated heterocycles. The van der Waals surface area contributed by atoms with Gasteiger partial charge in [0.1, 0.15) is 0 Å². The van der Waals surface area contributed by atoms with Crippen LogP contribution in [-0.4, -0.2) is 46.9 Å². The number of amides is 1. The van der Waals surface area contributed by atoms with E-state index < -0.39 is 5.91 Å². The maximum absolute atomic E-state index is 12.4. The van der Waals surface area contributed by atoms with Crippen molar-refractivity contribution in [2.45, 2.75) is 0 Å². The minimum atomic E-state index is -0.437. The van der Waals surface area contributed by atoms with Gasteiger partial charge in [0.15, 0.2) is 0 Å². The van der Waals surface area contributed by atoms with Crippen molar-refractivity contribution in [3.8, 4) is 11.1 Å². The molecule has 4 N–H and O–H groups in total. The van der Waals surface area contributed by atoms with Gasteiger partial charge in [-0.3, -0.25) is 9.48 Å². The van der Waals surface area contributed by atoms with Crippen LogP contribution in [0.25, 0.3) is 43.8 Å². The summed E-state index contributed by atoms with van der Waals surface area (Å²) in [5.41, 5.74) is 12.4. The average molecular weight is 425 g/mol. The molecule has 6 rings (SSSR count). The molecule has 0 saturated carbocycles. The van der Waals surface area contributed by atoms with Crippen LogP contribution in [0, 0.1) is 0 Å². The van der Waals surface area contributed by atoms with Crippen LogP contribution in [0.2, 0.25) is 0 Å². The van der Waals surface area contributed by atoms with Crippen molar-refractivity contribution in [1.82, 2.24) is 20.1 Å². The molecule has 5 aromatic rings. The minimum absolute atomic E-state index is 0.437. The molecule has 0 spiro atoms. The molecule has 160 valence electrons. The number of anilines is 1. The molecule has 1 fully saturated rings. The summed E-state index contributed by atoms with van der Waals surface area (Å²) in [6.45, 7) is 3.95. The zero-order valence-corrected chi connectivity index (χ0v) is 17.9. The SMILES string of the molecule is Cn1ncc2cc(-c3cc(C(N)=O)c4[nH]c5cc(N6CCNCC6)ccc5c4c3)ccc21. The lowest BCUT2D eigenvalue weighted by Gasteiger charge is -2.29. The number of piperazine rings is 1. The highest BCUT2D eigenvalue weighted by molar-refractivity contribution is 6.16. The quantitative estimate of drug-likeness (QED) is 0.414. The van der Waals surface area contributed by atoms with Crippen molar-refractivity contribution in [3.05, 3.63) is 60.3 Å². The Balaban J connectivity index is 1.53. The highest BCUT2D eigenvalue weighted by atomic mass is 16.1. The topological polar surface area (TPSA) is 92.0 Å². The van der Waals surface area contributed by atoms with Crippen molar-refractivity contribution in [2.24, 2.45) is 12.8 Å². The highest BCUT2D eigenvalue weighted by Gasteiger charge is 2.17. The van der Waals surface area contributed by atoms with E-state index in [4.69, 9.17) is 5.73 Å². The number of aromatic amines is 1. The minimum Gasteiger partial charge on any atom is -0.369 e. The zero-order valence-electron chi connectivity index (χ0n) is 17.9. The summed E-state index contributed by atoms with van der Waals surface area (Å²) in [7, 11) is 1.93. The molecule has 7 heteroatoms. The van der Waals surface area contributed by atoms with Crippen LogP contribution >= 0.6 is 0 Å².